The van der Waals surface area contributed by atoms with Crippen molar-refractivity contribution in [3.63, 3.8) is 0 Å². The molecule has 0 saturated heterocycles. The average molecular weight is 466 g/mol. The maximum atomic E-state index is 15.2. The molecule has 31 heavy (non-hydrogen) atoms. The van der Waals surface area contributed by atoms with Gasteiger partial charge in [-0.25, -0.2) is 17.2 Å². The van der Waals surface area contributed by atoms with Gasteiger partial charge in [0.05, 0.1) is 23.1 Å². The Morgan fingerprint density at radius 3 is 2.52 bits per heavy atom. The van der Waals surface area contributed by atoms with E-state index in [9.17, 15) is 17.6 Å². The van der Waals surface area contributed by atoms with Crippen LogP contribution in [-0.4, -0.2) is 20.8 Å². The smallest absolute Gasteiger partial charge is 0.188 e. The van der Waals surface area contributed by atoms with Gasteiger partial charge in [-0.3, -0.25) is 4.79 Å². The summed E-state index contributed by atoms with van der Waals surface area (Å²) >= 11 is 5.91. The molecule has 1 fully saturated rings. The molecule has 0 radical (unpaired) electrons. The monoisotopic (exact) mass is 465 g/mol. The van der Waals surface area contributed by atoms with Gasteiger partial charge in [-0.05, 0) is 49.2 Å². The fraction of sp³-hybridized carbons (Fsp3) is 0.364. The second kappa shape index (κ2) is 7.88. The third kappa shape index (κ3) is 3.22. The van der Waals surface area contributed by atoms with Crippen molar-refractivity contribution in [2.45, 2.75) is 35.3 Å². The summed E-state index contributed by atoms with van der Waals surface area (Å²) in [6, 6.07) is 9.17. The van der Waals surface area contributed by atoms with Gasteiger partial charge in [0, 0.05) is 29.7 Å². The van der Waals surface area contributed by atoms with Crippen LogP contribution in [0.15, 0.2) is 41.3 Å². The normalized spacial score (nSPS) is 25.2. The quantitative estimate of drug-likeness (QED) is 0.660. The third-order valence-corrected chi connectivity index (χ3v) is 9.12. The molecular weight excluding hydrogens is 448 g/mol. The van der Waals surface area contributed by atoms with E-state index in [4.69, 9.17) is 21.6 Å². The fourth-order valence-corrected chi connectivity index (χ4v) is 7.41. The highest BCUT2D eigenvalue weighted by molar-refractivity contribution is 7.92. The Balaban J connectivity index is 2.02. The molecule has 2 aromatic carbocycles. The number of nitriles is 1. The summed E-state index contributed by atoms with van der Waals surface area (Å²) in [4.78, 5) is 12.6. The number of hydrogen-bond donors (Lipinski definition) is 0. The predicted molar refractivity (Wildman–Crippen MR) is 108 cm³/mol. The molecule has 1 aliphatic heterocycles. The van der Waals surface area contributed by atoms with Crippen molar-refractivity contribution in [3.05, 3.63) is 58.6 Å². The Kier molecular flexibility index (Phi) is 5.52. The van der Waals surface area contributed by atoms with E-state index in [1.807, 2.05) is 6.07 Å². The molecule has 4 rings (SSSR count). The number of ketones is 1. The highest BCUT2D eigenvalue weighted by Gasteiger charge is 2.62. The number of benzene rings is 2. The van der Waals surface area contributed by atoms with E-state index >= 15 is 4.39 Å². The lowest BCUT2D eigenvalue weighted by Crippen LogP contribution is -2.56. The van der Waals surface area contributed by atoms with E-state index in [-0.39, 0.29) is 48.5 Å². The zero-order valence-corrected chi connectivity index (χ0v) is 17.8. The van der Waals surface area contributed by atoms with E-state index < -0.39 is 43.8 Å². The molecule has 0 spiro atoms. The summed E-state index contributed by atoms with van der Waals surface area (Å²) in [5, 5.41) is 9.34. The molecule has 2 aliphatic rings. The predicted octanol–water partition coefficient (Wildman–Crippen LogP) is 4.58. The number of Topliss-reactive ketones (excluding diaryl/α,β-unsaturated/α-hetero) is 1. The summed E-state index contributed by atoms with van der Waals surface area (Å²) in [5.41, 5.74) is -0.381. The van der Waals surface area contributed by atoms with Crippen molar-refractivity contribution in [1.29, 1.82) is 5.26 Å². The molecular formula is C22H18ClF2NO4S. The number of ether oxygens (including phenoxy) is 1. The largest absolute Gasteiger partial charge is 0.490 e. The number of hydrogen-bond acceptors (Lipinski definition) is 5. The molecule has 5 nitrogen and oxygen atoms in total. The maximum Gasteiger partial charge on any atom is 0.188 e. The van der Waals surface area contributed by atoms with Gasteiger partial charge >= 0.3 is 0 Å². The Labute approximate surface area is 183 Å². The van der Waals surface area contributed by atoms with E-state index in [1.165, 1.54) is 24.3 Å². The number of nitrogens with zero attached hydrogens (tertiary/aromatic N) is 1. The van der Waals surface area contributed by atoms with Gasteiger partial charge in [0.15, 0.2) is 21.4 Å². The minimum atomic E-state index is -4.31. The van der Waals surface area contributed by atoms with E-state index in [1.54, 1.807) is 0 Å². The molecule has 9 heteroatoms. The van der Waals surface area contributed by atoms with Crippen LogP contribution in [0.3, 0.4) is 0 Å². The lowest BCUT2D eigenvalue weighted by Gasteiger charge is -2.49. The van der Waals surface area contributed by atoms with Crippen molar-refractivity contribution in [3.8, 4) is 11.8 Å². The van der Waals surface area contributed by atoms with Crippen LogP contribution in [0.25, 0.3) is 0 Å². The van der Waals surface area contributed by atoms with Gasteiger partial charge < -0.3 is 4.74 Å². The zero-order chi connectivity index (χ0) is 22.4. The van der Waals surface area contributed by atoms with Crippen LogP contribution in [0.5, 0.6) is 5.75 Å². The molecule has 162 valence electrons. The molecule has 0 unspecified atom stereocenters. The van der Waals surface area contributed by atoms with Crippen LogP contribution < -0.4 is 4.74 Å². The van der Waals surface area contributed by atoms with E-state index in [0.29, 0.717) is 5.02 Å². The highest BCUT2D eigenvalue weighted by atomic mass is 35.5. The first-order chi connectivity index (χ1) is 14.7. The second-order valence-corrected chi connectivity index (χ2v) is 10.4. The Morgan fingerprint density at radius 1 is 1.16 bits per heavy atom. The fourth-order valence-electron chi connectivity index (χ4n) is 4.91. The molecule has 0 bridgehead atoms. The molecule has 3 atom stereocenters. The van der Waals surface area contributed by atoms with Gasteiger partial charge in [0.1, 0.15) is 16.3 Å². The van der Waals surface area contributed by atoms with Crippen molar-refractivity contribution in [2.24, 2.45) is 11.8 Å². The number of rotatable bonds is 4. The summed E-state index contributed by atoms with van der Waals surface area (Å²) in [5.74, 6) is -4.22. The number of carbonyl (C=O) groups is 1. The number of carbonyl (C=O) groups excluding carboxylic acids is 1. The van der Waals surface area contributed by atoms with Crippen molar-refractivity contribution in [1.82, 2.24) is 0 Å². The van der Waals surface area contributed by atoms with Crippen LogP contribution in [0, 0.1) is 34.8 Å². The van der Waals surface area contributed by atoms with Crippen molar-refractivity contribution >= 4 is 27.2 Å². The number of sulfone groups is 1. The molecule has 0 amide bonds. The van der Waals surface area contributed by atoms with Crippen LogP contribution in [-0.2, 0) is 19.4 Å². The van der Waals surface area contributed by atoms with Gasteiger partial charge in [-0.15, -0.1) is 0 Å². The number of halogens is 3. The van der Waals surface area contributed by atoms with Crippen LogP contribution in [0.1, 0.15) is 31.2 Å². The summed E-state index contributed by atoms with van der Waals surface area (Å²) in [6.07, 6.45) is -0.188. The van der Waals surface area contributed by atoms with E-state index in [2.05, 4.69) is 0 Å². The van der Waals surface area contributed by atoms with Gasteiger partial charge in [0.25, 0.3) is 0 Å². The SMILES string of the molecule is N#CCC[C@@H]1C(=O)CC[C@@]2(S(=O)(=O)c3ccc(Cl)cc3)c3c(F)ccc(F)c3OC[C@@H]12. The second-order valence-electron chi connectivity index (χ2n) is 7.77. The molecule has 2 aromatic rings. The third-order valence-electron chi connectivity index (χ3n) is 6.30. The van der Waals surface area contributed by atoms with Gasteiger partial charge in [-0.1, -0.05) is 11.6 Å². The maximum absolute atomic E-state index is 15.2. The van der Waals surface area contributed by atoms with Crippen LogP contribution in [0.4, 0.5) is 8.78 Å². The standard InChI is InChI=1S/C22H18ClF2NO4S/c23-13-3-5-14(6-4-13)31(28,29)22-10-9-19(27)15(2-1-11-26)16(22)12-30-21-18(25)8-7-17(24)20(21)22/h3-8,15-16H,1-2,9-10,12H2/t15-,16-,22-/m0/s1. The Bertz CT molecular complexity index is 1190. The summed E-state index contributed by atoms with van der Waals surface area (Å²) < 4.78 is 61.5. The van der Waals surface area contributed by atoms with Crippen LogP contribution >= 0.6 is 11.6 Å². The number of fused-ring (bicyclic) bond motifs is 3. The van der Waals surface area contributed by atoms with Crippen LogP contribution in [0.2, 0.25) is 5.02 Å². The lowest BCUT2D eigenvalue weighted by atomic mass is 9.65. The minimum absolute atomic E-state index is 0.0302. The van der Waals surface area contributed by atoms with E-state index in [0.717, 1.165) is 12.1 Å². The van der Waals surface area contributed by atoms with Crippen molar-refractivity contribution in [2.75, 3.05) is 6.61 Å². The Hall–Kier alpha value is -2.50. The van der Waals surface area contributed by atoms with Crippen molar-refractivity contribution < 1.29 is 26.7 Å². The lowest BCUT2D eigenvalue weighted by molar-refractivity contribution is -0.129. The molecule has 0 N–H and O–H groups in total. The average Bonchev–Trinajstić information content (AvgIpc) is 2.75. The first kappa shape index (κ1) is 21.7. The molecule has 1 aliphatic carbocycles. The molecule has 0 aromatic heterocycles. The first-order valence-corrected chi connectivity index (χ1v) is 11.6. The first-order valence-electron chi connectivity index (χ1n) is 9.75. The van der Waals surface area contributed by atoms with Gasteiger partial charge in [-0.2, -0.15) is 5.26 Å². The zero-order valence-electron chi connectivity index (χ0n) is 16.3. The summed E-state index contributed by atoms with van der Waals surface area (Å²) in [7, 11) is -4.31. The molecule has 1 heterocycles. The topological polar surface area (TPSA) is 84.2 Å². The van der Waals surface area contributed by atoms with Gasteiger partial charge in [0.2, 0.25) is 0 Å². The molecule has 1 saturated carbocycles. The Morgan fingerprint density at radius 2 is 1.84 bits per heavy atom. The highest BCUT2D eigenvalue weighted by Crippen LogP contribution is 2.58. The minimum Gasteiger partial charge on any atom is -0.490 e. The summed E-state index contributed by atoms with van der Waals surface area (Å²) in [6.45, 7) is -0.276.